The fourth-order valence-corrected chi connectivity index (χ4v) is 8.05. The third-order valence-corrected chi connectivity index (χ3v) is 12.1. The Balaban J connectivity index is 2.31. The summed E-state index contributed by atoms with van der Waals surface area (Å²) in [5.74, 6) is -0.580. The van der Waals surface area contributed by atoms with E-state index < -0.39 is 61.5 Å². The van der Waals surface area contributed by atoms with Gasteiger partial charge in [0.2, 0.25) is 5.91 Å². The number of unbranched alkanes of at least 4 members (excludes halogenated alkanes) is 30. The summed E-state index contributed by atoms with van der Waals surface area (Å²) >= 11 is 0. The normalized spacial score (nSPS) is 21.4. The monoisotopic (exact) mass is 816 g/mol. The van der Waals surface area contributed by atoms with E-state index in [1.165, 1.54) is 161 Å². The molecule has 340 valence electrons. The summed E-state index contributed by atoms with van der Waals surface area (Å²) in [6, 6.07) is -0.887. The van der Waals surface area contributed by atoms with Crippen LogP contribution < -0.4 is 5.32 Å². The van der Waals surface area contributed by atoms with Crippen LogP contribution in [0.3, 0.4) is 0 Å². The molecule has 1 heterocycles. The Morgan fingerprint density at radius 2 is 0.877 bits per heavy atom. The third kappa shape index (κ3) is 28.3. The van der Waals surface area contributed by atoms with Crippen molar-refractivity contribution in [3.63, 3.8) is 0 Å². The second-order valence-electron chi connectivity index (χ2n) is 17.4. The van der Waals surface area contributed by atoms with E-state index in [1.807, 2.05) is 0 Å². The first-order chi connectivity index (χ1) is 27.8. The molecule has 7 N–H and O–H groups in total. The second-order valence-corrected chi connectivity index (χ2v) is 17.4. The number of rotatable bonds is 41. The Labute approximate surface area is 349 Å². The number of nitrogens with one attached hydrogen (secondary N) is 1. The molecule has 1 aliphatic rings. The standard InChI is InChI=1S/C47H93NO9/c1-3-5-7-9-11-13-15-17-18-19-20-21-22-23-24-26-28-30-32-34-36-41(51)46(55)48-39(38-56-47-45(54)44(53)43(52)42(37-49)57-47)40(50)35-33-31-29-27-25-16-14-12-10-8-6-4-2/h39-45,47,49-54H,3-38H2,1-2H3,(H,48,55). The van der Waals surface area contributed by atoms with Crippen molar-refractivity contribution >= 4 is 5.91 Å². The van der Waals surface area contributed by atoms with Gasteiger partial charge < -0.3 is 45.4 Å². The Bertz CT molecular complexity index is 880. The summed E-state index contributed by atoms with van der Waals surface area (Å²) in [4.78, 5) is 13.1. The summed E-state index contributed by atoms with van der Waals surface area (Å²) in [5, 5.41) is 64.8. The van der Waals surface area contributed by atoms with Crippen LogP contribution in [0.25, 0.3) is 0 Å². The lowest BCUT2D eigenvalue weighted by Gasteiger charge is -2.40. The lowest BCUT2D eigenvalue weighted by atomic mass is 9.99. The first-order valence-electron chi connectivity index (χ1n) is 24.3. The van der Waals surface area contributed by atoms with E-state index in [0.717, 1.165) is 44.9 Å². The summed E-state index contributed by atoms with van der Waals surface area (Å²) < 4.78 is 11.2. The van der Waals surface area contributed by atoms with Gasteiger partial charge in [-0.15, -0.1) is 0 Å². The van der Waals surface area contributed by atoms with Gasteiger partial charge in [0, 0.05) is 0 Å². The zero-order chi connectivity index (χ0) is 41.8. The van der Waals surface area contributed by atoms with Crippen LogP contribution in [0.1, 0.15) is 232 Å². The molecule has 1 aliphatic heterocycles. The van der Waals surface area contributed by atoms with E-state index in [0.29, 0.717) is 12.8 Å². The molecule has 0 bridgehead atoms. The molecule has 1 saturated heterocycles. The minimum Gasteiger partial charge on any atom is -0.394 e. The molecule has 10 heteroatoms. The molecule has 0 radical (unpaired) electrons. The molecule has 0 aromatic carbocycles. The van der Waals surface area contributed by atoms with Crippen molar-refractivity contribution in [1.29, 1.82) is 0 Å². The van der Waals surface area contributed by atoms with Gasteiger partial charge in [0.15, 0.2) is 6.29 Å². The molecule has 0 aliphatic carbocycles. The van der Waals surface area contributed by atoms with Gasteiger partial charge in [0.05, 0.1) is 25.4 Å². The van der Waals surface area contributed by atoms with Crippen LogP contribution in [0.4, 0.5) is 0 Å². The average Bonchev–Trinajstić information content (AvgIpc) is 3.21. The number of aliphatic hydroxyl groups is 6. The van der Waals surface area contributed by atoms with Gasteiger partial charge in [-0.2, -0.15) is 0 Å². The highest BCUT2D eigenvalue weighted by molar-refractivity contribution is 5.80. The van der Waals surface area contributed by atoms with Gasteiger partial charge in [-0.1, -0.05) is 219 Å². The topological polar surface area (TPSA) is 169 Å². The Hall–Kier alpha value is -0.850. The summed E-state index contributed by atoms with van der Waals surface area (Å²) in [5.41, 5.74) is 0. The number of hydrogen-bond acceptors (Lipinski definition) is 9. The van der Waals surface area contributed by atoms with Crippen molar-refractivity contribution in [2.75, 3.05) is 13.2 Å². The lowest BCUT2D eigenvalue weighted by molar-refractivity contribution is -0.302. The minimum atomic E-state index is -1.59. The SMILES string of the molecule is CCCCCCCCCCCCCCCCCCCCCCC(O)C(=O)NC(COC1OC(CO)C(O)C(O)C1O)C(O)CCCCCCCCCCCCCC. The van der Waals surface area contributed by atoms with Crippen molar-refractivity contribution in [2.24, 2.45) is 0 Å². The third-order valence-electron chi connectivity index (χ3n) is 12.1. The van der Waals surface area contributed by atoms with Gasteiger partial charge in [-0.25, -0.2) is 0 Å². The molecule has 57 heavy (non-hydrogen) atoms. The highest BCUT2D eigenvalue weighted by Crippen LogP contribution is 2.23. The maximum Gasteiger partial charge on any atom is 0.249 e. The quantitative estimate of drug-likeness (QED) is 0.0298. The molecule has 1 rings (SSSR count). The number of ether oxygens (including phenoxy) is 2. The molecule has 1 fully saturated rings. The van der Waals surface area contributed by atoms with Crippen molar-refractivity contribution in [1.82, 2.24) is 5.32 Å². The van der Waals surface area contributed by atoms with E-state index in [4.69, 9.17) is 9.47 Å². The van der Waals surface area contributed by atoms with Crippen molar-refractivity contribution in [2.45, 2.75) is 281 Å². The first kappa shape index (κ1) is 54.2. The molecule has 0 spiro atoms. The van der Waals surface area contributed by atoms with E-state index in [-0.39, 0.29) is 6.61 Å². The highest BCUT2D eigenvalue weighted by Gasteiger charge is 2.44. The molecule has 0 saturated carbocycles. The van der Waals surface area contributed by atoms with Crippen LogP contribution in [-0.4, -0.2) is 98.7 Å². The van der Waals surface area contributed by atoms with Gasteiger partial charge >= 0.3 is 0 Å². The molecule has 8 atom stereocenters. The van der Waals surface area contributed by atoms with Crippen LogP contribution in [0.15, 0.2) is 0 Å². The van der Waals surface area contributed by atoms with Crippen molar-refractivity contribution in [3.05, 3.63) is 0 Å². The van der Waals surface area contributed by atoms with Crippen molar-refractivity contribution in [3.8, 4) is 0 Å². The molecule has 8 unspecified atom stereocenters. The van der Waals surface area contributed by atoms with Gasteiger partial charge in [0.25, 0.3) is 0 Å². The molecule has 1 amide bonds. The number of aliphatic hydroxyl groups excluding tert-OH is 6. The van der Waals surface area contributed by atoms with Crippen LogP contribution in [0.5, 0.6) is 0 Å². The number of amides is 1. The highest BCUT2D eigenvalue weighted by atomic mass is 16.7. The number of carbonyl (C=O) groups is 1. The van der Waals surface area contributed by atoms with Crippen LogP contribution in [-0.2, 0) is 14.3 Å². The largest absolute Gasteiger partial charge is 0.394 e. The zero-order valence-corrected chi connectivity index (χ0v) is 37.0. The minimum absolute atomic E-state index is 0.250. The Kier molecular flexibility index (Phi) is 36.2. The van der Waals surface area contributed by atoms with E-state index in [1.54, 1.807) is 0 Å². The van der Waals surface area contributed by atoms with Crippen molar-refractivity contribution < 1.29 is 44.9 Å². The molecule has 10 nitrogen and oxygen atoms in total. The fraction of sp³-hybridized carbons (Fsp3) is 0.979. The lowest BCUT2D eigenvalue weighted by Crippen LogP contribution is -2.60. The summed E-state index contributed by atoms with van der Waals surface area (Å²) in [6.07, 6.45) is 31.5. The molecule has 0 aromatic heterocycles. The zero-order valence-electron chi connectivity index (χ0n) is 37.0. The molecule has 0 aromatic rings. The second kappa shape index (κ2) is 38.1. The predicted octanol–water partition coefficient (Wildman–Crippen LogP) is 9.31. The predicted molar refractivity (Wildman–Crippen MR) is 232 cm³/mol. The average molecular weight is 816 g/mol. The van der Waals surface area contributed by atoms with Crippen LogP contribution >= 0.6 is 0 Å². The van der Waals surface area contributed by atoms with Gasteiger partial charge in [-0.3, -0.25) is 4.79 Å². The van der Waals surface area contributed by atoms with Crippen LogP contribution in [0.2, 0.25) is 0 Å². The fourth-order valence-electron chi connectivity index (χ4n) is 8.05. The smallest absolute Gasteiger partial charge is 0.249 e. The molecular formula is C47H93NO9. The van der Waals surface area contributed by atoms with Gasteiger partial charge in [0.1, 0.15) is 30.5 Å². The Morgan fingerprint density at radius 1 is 0.526 bits per heavy atom. The number of carbonyl (C=O) groups excluding carboxylic acids is 1. The summed E-state index contributed by atoms with van der Waals surface area (Å²) in [7, 11) is 0. The van der Waals surface area contributed by atoms with E-state index in [2.05, 4.69) is 19.2 Å². The maximum atomic E-state index is 13.1. The number of hydrogen-bond donors (Lipinski definition) is 7. The first-order valence-corrected chi connectivity index (χ1v) is 24.3. The van der Waals surface area contributed by atoms with Gasteiger partial charge in [-0.05, 0) is 12.8 Å². The van der Waals surface area contributed by atoms with E-state index in [9.17, 15) is 35.4 Å². The Morgan fingerprint density at radius 3 is 1.25 bits per heavy atom. The van der Waals surface area contributed by atoms with E-state index >= 15 is 0 Å². The maximum absolute atomic E-state index is 13.1. The van der Waals surface area contributed by atoms with Crippen LogP contribution in [0, 0.1) is 0 Å². The molecular weight excluding hydrogens is 723 g/mol. The summed E-state index contributed by atoms with van der Waals surface area (Å²) in [6.45, 7) is 3.68.